The Kier molecular flexibility index (Phi) is 6.25. The van der Waals surface area contributed by atoms with Gasteiger partial charge in [0, 0.05) is 46.3 Å². The Hall–Kier alpha value is -3.17. The van der Waals surface area contributed by atoms with Gasteiger partial charge in [-0.1, -0.05) is 26.8 Å². The molecule has 1 aromatic rings. The van der Waals surface area contributed by atoms with Crippen LogP contribution in [0.1, 0.15) is 72.0 Å². The van der Waals surface area contributed by atoms with E-state index in [-0.39, 0.29) is 18.8 Å². The SMILES string of the molecule is CC=C(C)C(=O)OC1C2C=C3C4=CC(=O)OC(c5ccoc5)C4(C)CCC3C3(C)C(CC(=O)OC)C1(C)CC3(O)O2. The first kappa shape index (κ1) is 28.0. The van der Waals surface area contributed by atoms with Crippen molar-refractivity contribution >= 4 is 17.9 Å². The molecule has 0 amide bonds. The smallest absolute Gasteiger partial charge is 0.333 e. The molecule has 0 aromatic carbocycles. The molecule has 2 saturated carbocycles. The first-order valence-electron chi connectivity index (χ1n) is 14.3. The van der Waals surface area contributed by atoms with Crippen molar-refractivity contribution in [1.82, 2.24) is 0 Å². The van der Waals surface area contributed by atoms with Gasteiger partial charge < -0.3 is 28.5 Å². The second-order valence-corrected chi connectivity index (χ2v) is 13.0. The number of methoxy groups -OCH3 is 1. The van der Waals surface area contributed by atoms with Gasteiger partial charge in [0.2, 0.25) is 0 Å². The molecule has 2 aliphatic carbocycles. The number of ether oxygens (including phenoxy) is 4. The van der Waals surface area contributed by atoms with Gasteiger partial charge in [-0.3, -0.25) is 4.79 Å². The van der Waals surface area contributed by atoms with E-state index in [1.165, 1.54) is 7.11 Å². The van der Waals surface area contributed by atoms with Crippen LogP contribution in [0.4, 0.5) is 0 Å². The fourth-order valence-corrected chi connectivity index (χ4v) is 8.81. The van der Waals surface area contributed by atoms with Crippen LogP contribution in [0.25, 0.3) is 0 Å². The molecule has 9 heteroatoms. The minimum atomic E-state index is -1.60. The third-order valence-corrected chi connectivity index (χ3v) is 11.1. The maximum absolute atomic E-state index is 13.1. The Morgan fingerprint density at radius 2 is 2.00 bits per heavy atom. The van der Waals surface area contributed by atoms with Crippen LogP contribution in [0, 0.1) is 28.1 Å². The largest absolute Gasteiger partial charge is 0.472 e. The number of rotatable bonds is 5. The second-order valence-electron chi connectivity index (χ2n) is 13.0. The van der Waals surface area contributed by atoms with E-state index in [0.717, 1.165) is 16.7 Å². The summed E-state index contributed by atoms with van der Waals surface area (Å²) in [6, 6.07) is 1.81. The molecule has 0 radical (unpaired) electrons. The molecule has 1 aromatic heterocycles. The van der Waals surface area contributed by atoms with Crippen LogP contribution in [-0.2, 0) is 33.3 Å². The summed E-state index contributed by atoms with van der Waals surface area (Å²) in [5.74, 6) is -3.62. The fraction of sp³-hybridized carbons (Fsp3) is 0.594. The number of hydrogen-bond donors (Lipinski definition) is 1. The zero-order valence-corrected chi connectivity index (χ0v) is 24.4. The molecule has 5 aliphatic rings. The lowest BCUT2D eigenvalue weighted by molar-refractivity contribution is -0.307. The Morgan fingerprint density at radius 1 is 1.24 bits per heavy atom. The number of carbonyl (C=O) groups is 3. The van der Waals surface area contributed by atoms with E-state index in [1.54, 1.807) is 38.5 Å². The van der Waals surface area contributed by atoms with Crippen LogP contribution in [0.3, 0.4) is 0 Å². The van der Waals surface area contributed by atoms with Gasteiger partial charge in [0.15, 0.2) is 5.79 Å². The highest BCUT2D eigenvalue weighted by Gasteiger charge is 2.77. The summed E-state index contributed by atoms with van der Waals surface area (Å²) in [5, 5.41) is 12.3. The molecule has 1 saturated heterocycles. The lowest BCUT2D eigenvalue weighted by atomic mass is 9.51. The molecule has 1 N–H and O–H groups in total. The van der Waals surface area contributed by atoms with Crippen molar-refractivity contribution in [2.45, 2.75) is 84.4 Å². The van der Waals surface area contributed by atoms with Gasteiger partial charge in [-0.05, 0) is 61.8 Å². The van der Waals surface area contributed by atoms with Gasteiger partial charge >= 0.3 is 17.9 Å². The van der Waals surface area contributed by atoms with E-state index in [9.17, 15) is 19.5 Å². The normalized spacial score (nSPS) is 42.8. The maximum atomic E-state index is 13.1. The summed E-state index contributed by atoms with van der Waals surface area (Å²) < 4.78 is 29.1. The molecule has 41 heavy (non-hydrogen) atoms. The molecule has 4 heterocycles. The van der Waals surface area contributed by atoms with Gasteiger partial charge in [0.05, 0.1) is 19.6 Å². The average Bonchev–Trinajstić information content (AvgIpc) is 3.49. The number of hydrogen-bond acceptors (Lipinski definition) is 9. The molecule has 220 valence electrons. The Balaban J connectivity index is 1.54. The van der Waals surface area contributed by atoms with Crippen LogP contribution in [-0.4, -0.2) is 48.1 Å². The fourth-order valence-electron chi connectivity index (χ4n) is 8.81. The summed E-state index contributed by atoms with van der Waals surface area (Å²) in [6.45, 7) is 9.49. The van der Waals surface area contributed by atoms with E-state index in [2.05, 4.69) is 6.92 Å². The van der Waals surface area contributed by atoms with E-state index < -0.39 is 64.2 Å². The Labute approximate surface area is 239 Å². The van der Waals surface area contributed by atoms with Gasteiger partial charge in [-0.25, -0.2) is 9.59 Å². The van der Waals surface area contributed by atoms with Crippen molar-refractivity contribution in [2.75, 3.05) is 7.11 Å². The summed E-state index contributed by atoms with van der Waals surface area (Å²) in [6.07, 6.45) is 7.75. The lowest BCUT2D eigenvalue weighted by Gasteiger charge is -2.54. The second kappa shape index (κ2) is 9.16. The van der Waals surface area contributed by atoms with Gasteiger partial charge in [0.25, 0.3) is 0 Å². The van der Waals surface area contributed by atoms with Gasteiger partial charge in [-0.15, -0.1) is 0 Å². The lowest BCUT2D eigenvalue weighted by Crippen LogP contribution is -2.55. The first-order valence-corrected chi connectivity index (χ1v) is 14.3. The van der Waals surface area contributed by atoms with Crippen molar-refractivity contribution in [3.8, 4) is 0 Å². The highest BCUT2D eigenvalue weighted by atomic mass is 16.7. The van der Waals surface area contributed by atoms with E-state index in [1.807, 2.05) is 26.0 Å². The number of aliphatic hydroxyl groups is 1. The van der Waals surface area contributed by atoms with Crippen LogP contribution >= 0.6 is 0 Å². The highest BCUT2D eigenvalue weighted by molar-refractivity contribution is 5.88. The number of esters is 3. The van der Waals surface area contributed by atoms with Crippen molar-refractivity contribution in [3.05, 3.63) is 59.1 Å². The quantitative estimate of drug-likeness (QED) is 0.306. The monoisotopic (exact) mass is 566 g/mol. The van der Waals surface area contributed by atoms with Gasteiger partial charge in [-0.2, -0.15) is 0 Å². The van der Waals surface area contributed by atoms with Crippen LogP contribution in [0.2, 0.25) is 0 Å². The molecule has 3 fully saturated rings. The average molecular weight is 567 g/mol. The standard InChI is InChI=1S/C32H38O9/c1-7-17(2)28(35)40-27-22-12-19-20(31(5)23(14-24(33)37-6)30(27,4)16-32(31,36)41-22)8-10-29(3)21(19)13-25(34)39-26(29)18-9-11-38-15-18/h7,9,11-13,15,20,22-23,26-27,36H,8,10,14,16H2,1-6H3. The minimum Gasteiger partial charge on any atom is -0.472 e. The first-order chi connectivity index (χ1) is 19.3. The molecule has 9 unspecified atom stereocenters. The third-order valence-electron chi connectivity index (χ3n) is 11.1. The maximum Gasteiger partial charge on any atom is 0.333 e. The van der Waals surface area contributed by atoms with E-state index in [0.29, 0.717) is 18.4 Å². The van der Waals surface area contributed by atoms with Crippen molar-refractivity contribution in [3.63, 3.8) is 0 Å². The number of allylic oxidation sites excluding steroid dienone is 2. The third kappa shape index (κ3) is 3.70. The van der Waals surface area contributed by atoms with Crippen LogP contribution in [0.15, 0.2) is 58.0 Å². The molecular weight excluding hydrogens is 528 g/mol. The van der Waals surface area contributed by atoms with E-state index in [4.69, 9.17) is 23.4 Å². The summed E-state index contributed by atoms with van der Waals surface area (Å²) in [5.41, 5.74) is 0.594. The Bertz CT molecular complexity index is 1390. The van der Waals surface area contributed by atoms with Crippen molar-refractivity contribution in [1.29, 1.82) is 0 Å². The number of furan rings is 1. The minimum absolute atomic E-state index is 0.0261. The van der Waals surface area contributed by atoms with Crippen LogP contribution in [0.5, 0.6) is 0 Å². The number of carbonyl (C=O) groups excluding carboxylic acids is 3. The summed E-state index contributed by atoms with van der Waals surface area (Å²) in [4.78, 5) is 39.1. The zero-order valence-electron chi connectivity index (χ0n) is 24.4. The molecule has 6 rings (SSSR count). The molecular formula is C32H38O9. The highest BCUT2D eigenvalue weighted by Crippen LogP contribution is 2.74. The molecule has 3 aliphatic heterocycles. The molecule has 9 nitrogen and oxygen atoms in total. The Morgan fingerprint density at radius 3 is 2.66 bits per heavy atom. The molecule has 3 bridgehead atoms. The molecule has 9 atom stereocenters. The summed E-state index contributed by atoms with van der Waals surface area (Å²) >= 11 is 0. The van der Waals surface area contributed by atoms with Crippen molar-refractivity contribution < 1.29 is 42.9 Å². The predicted octanol–water partition coefficient (Wildman–Crippen LogP) is 4.72. The number of fused-ring (bicyclic) bond motifs is 6. The molecule has 0 spiro atoms. The topological polar surface area (TPSA) is 122 Å². The van der Waals surface area contributed by atoms with Gasteiger partial charge in [0.1, 0.15) is 18.3 Å². The van der Waals surface area contributed by atoms with Crippen LogP contribution < -0.4 is 0 Å². The van der Waals surface area contributed by atoms with Crippen molar-refractivity contribution in [2.24, 2.45) is 28.1 Å². The number of cyclic esters (lactones) is 1. The van der Waals surface area contributed by atoms with E-state index >= 15 is 0 Å². The predicted molar refractivity (Wildman–Crippen MR) is 145 cm³/mol. The zero-order chi connectivity index (χ0) is 29.5. The summed E-state index contributed by atoms with van der Waals surface area (Å²) in [7, 11) is 1.35.